The number of aryl methyl sites for hydroxylation is 2. The number of carbonyl (C=O) groups excluding carboxylic acids is 1. The number of rotatable bonds is 5. The molecule has 2 aromatic heterocycles. The summed E-state index contributed by atoms with van der Waals surface area (Å²) in [6.07, 6.45) is 0.949. The van der Waals surface area contributed by atoms with E-state index in [-0.39, 0.29) is 12.0 Å². The third-order valence-corrected chi connectivity index (χ3v) is 4.93. The highest BCUT2D eigenvalue weighted by Gasteiger charge is 2.16. The maximum Gasteiger partial charge on any atom is 0.350 e. The number of thiazole rings is 1. The monoisotopic (exact) mass is 310 g/mol. The number of ether oxygens (including phenoxy) is 1. The van der Waals surface area contributed by atoms with E-state index < -0.39 is 0 Å². The number of carbonyl (C=O) groups is 1. The summed E-state index contributed by atoms with van der Waals surface area (Å²) in [6.45, 7) is 6.05. The summed E-state index contributed by atoms with van der Waals surface area (Å²) in [7, 11) is 1.39. The highest BCUT2D eigenvalue weighted by Crippen LogP contribution is 2.25. The smallest absolute Gasteiger partial charge is 0.350 e. The van der Waals surface area contributed by atoms with Crippen molar-refractivity contribution in [3.63, 3.8) is 0 Å². The van der Waals surface area contributed by atoms with Crippen LogP contribution in [0.3, 0.4) is 0 Å². The van der Waals surface area contributed by atoms with Gasteiger partial charge in [0.05, 0.1) is 12.8 Å². The van der Waals surface area contributed by atoms with Gasteiger partial charge in [-0.1, -0.05) is 11.3 Å². The van der Waals surface area contributed by atoms with E-state index >= 15 is 0 Å². The number of methoxy groups -OCH3 is 1. The van der Waals surface area contributed by atoms with Crippen LogP contribution in [0.4, 0.5) is 5.13 Å². The molecule has 1 atom stereocenters. The second kappa shape index (κ2) is 6.37. The van der Waals surface area contributed by atoms with Crippen LogP contribution in [-0.2, 0) is 11.2 Å². The number of nitrogens with zero attached hydrogens (tertiary/aromatic N) is 1. The predicted octanol–water partition coefficient (Wildman–Crippen LogP) is 3.65. The van der Waals surface area contributed by atoms with Gasteiger partial charge in [-0.15, -0.1) is 11.3 Å². The van der Waals surface area contributed by atoms with Crippen LogP contribution in [0.1, 0.15) is 32.0 Å². The highest BCUT2D eigenvalue weighted by molar-refractivity contribution is 7.17. The SMILES string of the molecule is COC(=O)c1sc(NC(C)Cc2ccc(C)s2)nc1C. The van der Waals surface area contributed by atoms with Gasteiger partial charge in [-0.3, -0.25) is 0 Å². The molecule has 2 aromatic rings. The van der Waals surface area contributed by atoms with Crippen molar-refractivity contribution < 1.29 is 9.53 Å². The lowest BCUT2D eigenvalue weighted by molar-refractivity contribution is 0.0605. The molecule has 0 spiro atoms. The zero-order chi connectivity index (χ0) is 14.7. The molecule has 2 heterocycles. The first-order valence-corrected chi connectivity index (χ1v) is 8.00. The summed E-state index contributed by atoms with van der Waals surface area (Å²) in [5.41, 5.74) is 0.712. The Morgan fingerprint density at radius 3 is 2.75 bits per heavy atom. The van der Waals surface area contributed by atoms with Gasteiger partial charge in [0.1, 0.15) is 4.88 Å². The van der Waals surface area contributed by atoms with Gasteiger partial charge in [-0.2, -0.15) is 0 Å². The van der Waals surface area contributed by atoms with Crippen molar-refractivity contribution >= 4 is 33.8 Å². The van der Waals surface area contributed by atoms with Gasteiger partial charge in [-0.05, 0) is 32.9 Å². The number of hydrogen-bond acceptors (Lipinski definition) is 6. The molecule has 0 saturated heterocycles. The Morgan fingerprint density at radius 1 is 1.40 bits per heavy atom. The van der Waals surface area contributed by atoms with Gasteiger partial charge in [0.2, 0.25) is 0 Å². The summed E-state index contributed by atoms with van der Waals surface area (Å²) in [5.74, 6) is -0.324. The number of aromatic nitrogens is 1. The molecule has 0 bridgehead atoms. The van der Waals surface area contributed by atoms with Gasteiger partial charge >= 0.3 is 5.97 Å². The van der Waals surface area contributed by atoms with E-state index in [2.05, 4.69) is 36.3 Å². The average Bonchev–Trinajstić information content (AvgIpc) is 2.94. The van der Waals surface area contributed by atoms with Crippen LogP contribution in [0.5, 0.6) is 0 Å². The first kappa shape index (κ1) is 15.0. The normalized spacial score (nSPS) is 12.2. The maximum absolute atomic E-state index is 11.5. The fourth-order valence-electron chi connectivity index (χ4n) is 1.90. The van der Waals surface area contributed by atoms with Gasteiger partial charge in [0, 0.05) is 22.2 Å². The average molecular weight is 310 g/mol. The van der Waals surface area contributed by atoms with E-state index in [1.165, 1.54) is 28.2 Å². The quantitative estimate of drug-likeness (QED) is 0.856. The predicted molar refractivity (Wildman–Crippen MR) is 84.0 cm³/mol. The number of anilines is 1. The minimum absolute atomic E-state index is 0.268. The molecular formula is C14H18N2O2S2. The van der Waals surface area contributed by atoms with Crippen molar-refractivity contribution in [2.45, 2.75) is 33.2 Å². The van der Waals surface area contributed by atoms with E-state index in [1.807, 2.05) is 18.3 Å². The molecule has 0 aliphatic heterocycles. The summed E-state index contributed by atoms with van der Waals surface area (Å²) < 4.78 is 4.74. The molecule has 0 fully saturated rings. The number of esters is 1. The molecule has 4 nitrogen and oxygen atoms in total. The first-order chi connectivity index (χ1) is 9.49. The zero-order valence-corrected chi connectivity index (χ0v) is 13.7. The van der Waals surface area contributed by atoms with Crippen LogP contribution in [-0.4, -0.2) is 24.1 Å². The minimum Gasteiger partial charge on any atom is -0.465 e. The second-order valence-electron chi connectivity index (χ2n) is 4.69. The second-order valence-corrected chi connectivity index (χ2v) is 7.06. The minimum atomic E-state index is -0.324. The van der Waals surface area contributed by atoms with Crippen LogP contribution < -0.4 is 5.32 Å². The van der Waals surface area contributed by atoms with Crippen molar-refractivity contribution in [2.75, 3.05) is 12.4 Å². The Labute approximate surface area is 126 Å². The van der Waals surface area contributed by atoms with Crippen molar-refractivity contribution in [3.8, 4) is 0 Å². The molecule has 6 heteroatoms. The lowest BCUT2D eigenvalue weighted by Crippen LogP contribution is -2.17. The fraction of sp³-hybridized carbons (Fsp3) is 0.429. The highest BCUT2D eigenvalue weighted by atomic mass is 32.1. The van der Waals surface area contributed by atoms with Gasteiger partial charge in [0.15, 0.2) is 5.13 Å². The molecular weight excluding hydrogens is 292 g/mol. The van der Waals surface area contributed by atoms with E-state index in [9.17, 15) is 4.79 Å². The molecule has 0 aromatic carbocycles. The summed E-state index contributed by atoms with van der Waals surface area (Å²) >= 11 is 3.16. The molecule has 0 aliphatic rings. The van der Waals surface area contributed by atoms with Crippen LogP contribution in [0.15, 0.2) is 12.1 Å². The maximum atomic E-state index is 11.5. The molecule has 0 radical (unpaired) electrons. The van der Waals surface area contributed by atoms with Crippen LogP contribution in [0, 0.1) is 13.8 Å². The number of hydrogen-bond donors (Lipinski definition) is 1. The number of thiophene rings is 1. The van der Waals surface area contributed by atoms with E-state index in [4.69, 9.17) is 4.74 Å². The van der Waals surface area contributed by atoms with E-state index in [0.717, 1.165) is 11.6 Å². The molecule has 1 N–H and O–H groups in total. The zero-order valence-electron chi connectivity index (χ0n) is 12.0. The molecule has 0 amide bonds. The Balaban J connectivity index is 2.01. The van der Waals surface area contributed by atoms with Gasteiger partial charge < -0.3 is 10.1 Å². The third-order valence-electron chi connectivity index (χ3n) is 2.84. The standard InChI is InChI=1S/C14H18N2O2S2/c1-8(7-11-6-5-9(2)19-11)15-14-16-10(3)12(20-14)13(17)18-4/h5-6,8H,7H2,1-4H3,(H,15,16). The van der Waals surface area contributed by atoms with E-state index in [1.54, 1.807) is 0 Å². The Kier molecular flexibility index (Phi) is 4.77. The molecule has 1 unspecified atom stereocenters. The first-order valence-electron chi connectivity index (χ1n) is 6.37. The van der Waals surface area contributed by atoms with Crippen LogP contribution in [0.2, 0.25) is 0 Å². The van der Waals surface area contributed by atoms with Crippen LogP contribution >= 0.6 is 22.7 Å². The molecule has 108 valence electrons. The third kappa shape index (κ3) is 3.58. The summed E-state index contributed by atoms with van der Waals surface area (Å²) in [5, 5.41) is 4.11. The summed E-state index contributed by atoms with van der Waals surface area (Å²) in [4.78, 5) is 19.2. The largest absolute Gasteiger partial charge is 0.465 e. The molecule has 0 saturated carbocycles. The van der Waals surface area contributed by atoms with Crippen LogP contribution in [0.25, 0.3) is 0 Å². The van der Waals surface area contributed by atoms with Crippen molar-refractivity contribution in [3.05, 3.63) is 32.5 Å². The van der Waals surface area contributed by atoms with Crippen molar-refractivity contribution in [1.29, 1.82) is 0 Å². The lowest BCUT2D eigenvalue weighted by atomic mass is 10.2. The van der Waals surface area contributed by atoms with Gasteiger partial charge in [0.25, 0.3) is 0 Å². The summed E-state index contributed by atoms with van der Waals surface area (Å²) in [6, 6.07) is 4.56. The Hall–Kier alpha value is -1.40. The topological polar surface area (TPSA) is 51.2 Å². The molecule has 20 heavy (non-hydrogen) atoms. The fourth-order valence-corrected chi connectivity index (χ4v) is 3.91. The molecule has 0 aliphatic carbocycles. The number of nitrogens with one attached hydrogen (secondary N) is 1. The Bertz CT molecular complexity index is 604. The lowest BCUT2D eigenvalue weighted by Gasteiger charge is -2.11. The van der Waals surface area contributed by atoms with E-state index in [0.29, 0.717) is 10.6 Å². The van der Waals surface area contributed by atoms with Crippen molar-refractivity contribution in [2.24, 2.45) is 0 Å². The molecule has 2 rings (SSSR count). The van der Waals surface area contributed by atoms with Crippen molar-refractivity contribution in [1.82, 2.24) is 4.98 Å². The van der Waals surface area contributed by atoms with Gasteiger partial charge in [-0.25, -0.2) is 9.78 Å². The Morgan fingerprint density at radius 2 is 2.15 bits per heavy atom.